The van der Waals surface area contributed by atoms with Crippen LogP contribution >= 0.6 is 0 Å². The Labute approximate surface area is 68.4 Å². The van der Waals surface area contributed by atoms with Crippen LogP contribution in [-0.2, 0) is 4.79 Å². The van der Waals surface area contributed by atoms with Crippen LogP contribution in [0.2, 0.25) is 0 Å². The Hall–Kier alpha value is -0.530. The molecular formula is C9H16NO. The van der Waals surface area contributed by atoms with Gasteiger partial charge in [-0.25, -0.2) is 0 Å². The van der Waals surface area contributed by atoms with Gasteiger partial charge in [-0.15, -0.1) is 0 Å². The van der Waals surface area contributed by atoms with Crippen LogP contribution in [0.25, 0.3) is 0 Å². The van der Waals surface area contributed by atoms with Crippen LogP contribution in [0.15, 0.2) is 0 Å². The van der Waals surface area contributed by atoms with Crippen molar-refractivity contribution in [2.75, 3.05) is 0 Å². The number of nitrogens with one attached hydrogen (secondary N) is 1. The van der Waals surface area contributed by atoms with Crippen molar-refractivity contribution < 1.29 is 4.79 Å². The molecule has 1 atom stereocenters. The highest BCUT2D eigenvalue weighted by Crippen LogP contribution is 2.28. The molecule has 1 aliphatic carbocycles. The third kappa shape index (κ3) is 2.21. The van der Waals surface area contributed by atoms with E-state index in [1.165, 1.54) is 25.7 Å². The van der Waals surface area contributed by atoms with Gasteiger partial charge in [0.15, 0.2) is 0 Å². The fourth-order valence-electron chi connectivity index (χ4n) is 1.99. The first-order valence-corrected chi connectivity index (χ1v) is 4.51. The van der Waals surface area contributed by atoms with Crippen molar-refractivity contribution in [3.05, 3.63) is 0 Å². The Morgan fingerprint density at radius 3 is 2.64 bits per heavy atom. The van der Waals surface area contributed by atoms with E-state index < -0.39 is 0 Å². The van der Waals surface area contributed by atoms with E-state index in [2.05, 4.69) is 12.2 Å². The summed E-state index contributed by atoms with van der Waals surface area (Å²) in [6, 6.07) is 0.384. The molecule has 63 valence electrons. The van der Waals surface area contributed by atoms with Crippen molar-refractivity contribution in [2.24, 2.45) is 5.92 Å². The Morgan fingerprint density at radius 2 is 2.18 bits per heavy atom. The van der Waals surface area contributed by atoms with E-state index in [4.69, 9.17) is 0 Å². The lowest BCUT2D eigenvalue weighted by molar-refractivity contribution is 0.381. The van der Waals surface area contributed by atoms with Gasteiger partial charge in [0.1, 0.15) is 0 Å². The van der Waals surface area contributed by atoms with Crippen LogP contribution in [0.3, 0.4) is 0 Å². The summed E-state index contributed by atoms with van der Waals surface area (Å²) in [5.41, 5.74) is 0. The van der Waals surface area contributed by atoms with Crippen LogP contribution in [0.4, 0.5) is 0 Å². The van der Waals surface area contributed by atoms with Crippen LogP contribution in [0.5, 0.6) is 0 Å². The van der Waals surface area contributed by atoms with E-state index in [0.29, 0.717) is 6.04 Å². The first-order chi connectivity index (χ1) is 5.38. The fourth-order valence-corrected chi connectivity index (χ4v) is 1.99. The number of hydrogen-bond acceptors (Lipinski definition) is 1. The maximum Gasteiger partial charge on any atom is 0.309 e. The SMILES string of the molecule is CCC(N[C]=O)C1CCCC1. The predicted molar refractivity (Wildman–Crippen MR) is 44.9 cm³/mol. The molecule has 0 aromatic heterocycles. The van der Waals surface area contributed by atoms with Crippen molar-refractivity contribution in [2.45, 2.75) is 45.1 Å². The highest BCUT2D eigenvalue weighted by molar-refractivity contribution is 5.47. The van der Waals surface area contributed by atoms with E-state index in [9.17, 15) is 4.79 Å². The topological polar surface area (TPSA) is 29.1 Å². The van der Waals surface area contributed by atoms with E-state index in [1.807, 2.05) is 0 Å². The lowest BCUT2D eigenvalue weighted by Crippen LogP contribution is -2.33. The second kappa shape index (κ2) is 4.37. The van der Waals surface area contributed by atoms with Crippen LogP contribution in [0, 0.1) is 5.92 Å². The summed E-state index contributed by atoms with van der Waals surface area (Å²) in [6.45, 7) is 2.12. The van der Waals surface area contributed by atoms with Crippen LogP contribution in [-0.4, -0.2) is 12.5 Å². The maximum absolute atomic E-state index is 10.1. The molecule has 0 heterocycles. The van der Waals surface area contributed by atoms with Crippen molar-refractivity contribution in [3.8, 4) is 0 Å². The summed E-state index contributed by atoms with van der Waals surface area (Å²) < 4.78 is 0. The molecule has 0 bridgehead atoms. The van der Waals surface area contributed by atoms with Gasteiger partial charge in [0, 0.05) is 6.04 Å². The van der Waals surface area contributed by atoms with Gasteiger partial charge in [-0.3, -0.25) is 4.79 Å². The summed E-state index contributed by atoms with van der Waals surface area (Å²) in [4.78, 5) is 10.1. The Balaban J connectivity index is 2.33. The summed E-state index contributed by atoms with van der Waals surface area (Å²) >= 11 is 0. The normalized spacial score (nSPS) is 21.5. The van der Waals surface area contributed by atoms with Crippen LogP contribution in [0.1, 0.15) is 39.0 Å². The molecule has 0 aromatic rings. The molecule has 1 radical (unpaired) electrons. The molecule has 1 amide bonds. The van der Waals surface area contributed by atoms with Gasteiger partial charge in [-0.1, -0.05) is 19.8 Å². The number of amides is 1. The van der Waals surface area contributed by atoms with Gasteiger partial charge in [0.25, 0.3) is 0 Å². The smallest absolute Gasteiger partial charge is 0.309 e. The van der Waals surface area contributed by atoms with E-state index in [-0.39, 0.29) is 0 Å². The molecule has 1 aliphatic rings. The van der Waals surface area contributed by atoms with Gasteiger partial charge >= 0.3 is 6.41 Å². The summed E-state index contributed by atoms with van der Waals surface area (Å²) in [5.74, 6) is 0.724. The molecule has 11 heavy (non-hydrogen) atoms. The quantitative estimate of drug-likeness (QED) is 0.612. The minimum atomic E-state index is 0.384. The molecule has 0 spiro atoms. The van der Waals surface area contributed by atoms with Gasteiger partial charge in [0.05, 0.1) is 0 Å². The van der Waals surface area contributed by atoms with Gasteiger partial charge < -0.3 is 5.32 Å². The van der Waals surface area contributed by atoms with Crippen molar-refractivity contribution in [1.29, 1.82) is 0 Å². The minimum absolute atomic E-state index is 0.384. The molecule has 0 saturated heterocycles. The van der Waals surface area contributed by atoms with Crippen molar-refractivity contribution in [1.82, 2.24) is 5.32 Å². The number of carbonyl (C=O) groups excluding carboxylic acids is 1. The zero-order valence-electron chi connectivity index (χ0n) is 7.10. The number of rotatable bonds is 4. The average molecular weight is 154 g/mol. The Morgan fingerprint density at radius 1 is 1.55 bits per heavy atom. The lowest BCUT2D eigenvalue weighted by atomic mass is 9.96. The molecule has 1 saturated carbocycles. The monoisotopic (exact) mass is 154 g/mol. The first-order valence-electron chi connectivity index (χ1n) is 4.51. The van der Waals surface area contributed by atoms with E-state index in [1.54, 1.807) is 6.41 Å². The molecule has 1 N–H and O–H groups in total. The summed E-state index contributed by atoms with van der Waals surface area (Å²) in [5, 5.41) is 2.77. The lowest BCUT2D eigenvalue weighted by Gasteiger charge is -2.19. The second-order valence-corrected chi connectivity index (χ2v) is 3.31. The largest absolute Gasteiger partial charge is 0.345 e. The second-order valence-electron chi connectivity index (χ2n) is 3.31. The third-order valence-electron chi connectivity index (χ3n) is 2.65. The maximum atomic E-state index is 10.1. The molecule has 2 heteroatoms. The average Bonchev–Trinajstić information content (AvgIpc) is 2.52. The van der Waals surface area contributed by atoms with Gasteiger partial charge in [-0.2, -0.15) is 0 Å². The molecule has 1 fully saturated rings. The highest BCUT2D eigenvalue weighted by atomic mass is 16.1. The highest BCUT2D eigenvalue weighted by Gasteiger charge is 2.22. The molecule has 0 aliphatic heterocycles. The van der Waals surface area contributed by atoms with Gasteiger partial charge in [-0.05, 0) is 25.2 Å². The van der Waals surface area contributed by atoms with E-state index >= 15 is 0 Å². The van der Waals surface area contributed by atoms with Gasteiger partial charge in [0.2, 0.25) is 0 Å². The summed E-state index contributed by atoms with van der Waals surface area (Å²) in [7, 11) is 0. The zero-order valence-corrected chi connectivity index (χ0v) is 7.10. The fraction of sp³-hybridized carbons (Fsp3) is 0.889. The number of hydrogen-bond donors (Lipinski definition) is 1. The van der Waals surface area contributed by atoms with E-state index in [0.717, 1.165) is 12.3 Å². The molecule has 1 unspecified atom stereocenters. The molecule has 0 aromatic carbocycles. The van der Waals surface area contributed by atoms with Crippen LogP contribution < -0.4 is 5.32 Å². The van der Waals surface area contributed by atoms with Crippen molar-refractivity contribution >= 4 is 6.41 Å². The molecule has 2 nitrogen and oxygen atoms in total. The third-order valence-corrected chi connectivity index (χ3v) is 2.65. The molecular weight excluding hydrogens is 138 g/mol. The zero-order chi connectivity index (χ0) is 8.10. The Kier molecular flexibility index (Phi) is 3.40. The Bertz CT molecular complexity index is 119. The summed E-state index contributed by atoms with van der Waals surface area (Å²) in [6.07, 6.45) is 8.08. The minimum Gasteiger partial charge on any atom is -0.345 e. The first kappa shape index (κ1) is 8.57. The predicted octanol–water partition coefficient (Wildman–Crippen LogP) is 1.61. The van der Waals surface area contributed by atoms with Crippen molar-refractivity contribution in [3.63, 3.8) is 0 Å². The standard InChI is InChI=1S/C9H16NO/c1-2-9(10-7-11)8-5-3-4-6-8/h8-9H,2-6H2,1H3,(H,10,11). The molecule has 1 rings (SSSR count).